The van der Waals surface area contributed by atoms with Gasteiger partial charge in [0, 0.05) is 0 Å². The van der Waals surface area contributed by atoms with Gasteiger partial charge < -0.3 is 9.84 Å². The predicted molar refractivity (Wildman–Crippen MR) is 37.1 cm³/mol. The van der Waals surface area contributed by atoms with Crippen molar-refractivity contribution in [2.75, 3.05) is 6.61 Å². The van der Waals surface area contributed by atoms with E-state index in [9.17, 15) is 0 Å². The Bertz CT molecular complexity index is 84.9. The van der Waals surface area contributed by atoms with Crippen LogP contribution in [-0.2, 0) is 4.74 Å². The van der Waals surface area contributed by atoms with Gasteiger partial charge in [-0.2, -0.15) is 0 Å². The van der Waals surface area contributed by atoms with Crippen molar-refractivity contribution in [2.45, 2.75) is 26.4 Å². The van der Waals surface area contributed by atoms with E-state index in [1.165, 1.54) is 0 Å². The van der Waals surface area contributed by atoms with Crippen LogP contribution in [0.5, 0.6) is 0 Å². The average Bonchev–Trinajstić information content (AvgIpc) is 1.82. The van der Waals surface area contributed by atoms with Gasteiger partial charge in [-0.05, 0) is 13.3 Å². The van der Waals surface area contributed by atoms with Crippen LogP contribution >= 0.6 is 0 Å². The molecule has 0 amide bonds. The minimum atomic E-state index is -0.0671. The first-order chi connectivity index (χ1) is 4.20. The highest BCUT2D eigenvalue weighted by molar-refractivity contribution is 4.76. The quantitative estimate of drug-likeness (QED) is 0.581. The second kappa shape index (κ2) is 4.39. The van der Waals surface area contributed by atoms with Gasteiger partial charge in [0.2, 0.25) is 0 Å². The van der Waals surface area contributed by atoms with Crippen molar-refractivity contribution in [2.24, 2.45) is 0 Å². The van der Waals surface area contributed by atoms with Crippen LogP contribution in [-0.4, -0.2) is 17.8 Å². The molecule has 0 spiro atoms. The lowest BCUT2D eigenvalue weighted by Crippen LogP contribution is -2.14. The molecular formula is C7H14O2. The van der Waals surface area contributed by atoms with Crippen molar-refractivity contribution in [3.63, 3.8) is 0 Å². The van der Waals surface area contributed by atoms with Crippen LogP contribution in [0.3, 0.4) is 0 Å². The summed E-state index contributed by atoms with van der Waals surface area (Å²) >= 11 is 0. The topological polar surface area (TPSA) is 29.5 Å². The number of hydrogen-bond donors (Lipinski definition) is 1. The molecule has 0 radical (unpaired) electrons. The Kier molecular flexibility index (Phi) is 4.14. The smallest absolute Gasteiger partial charge is 0.121 e. The molecule has 1 unspecified atom stereocenters. The third-order valence-electron chi connectivity index (χ3n) is 1.03. The third kappa shape index (κ3) is 4.03. The molecular weight excluding hydrogens is 116 g/mol. The standard InChI is InChI=1S/C7H14O2/c1-4-7(5-8)9-6(2)3/h7-8H,2,4-5H2,1,3H3. The molecule has 1 N–H and O–H groups in total. The van der Waals surface area contributed by atoms with Crippen molar-refractivity contribution in [1.82, 2.24) is 0 Å². The van der Waals surface area contributed by atoms with Crippen LogP contribution in [0.1, 0.15) is 20.3 Å². The van der Waals surface area contributed by atoms with Crippen LogP contribution in [0, 0.1) is 0 Å². The minimum Gasteiger partial charge on any atom is -0.493 e. The molecule has 0 aliphatic heterocycles. The summed E-state index contributed by atoms with van der Waals surface area (Å²) in [6.45, 7) is 7.37. The monoisotopic (exact) mass is 130 g/mol. The third-order valence-corrected chi connectivity index (χ3v) is 1.03. The first-order valence-corrected chi connectivity index (χ1v) is 3.13. The first kappa shape index (κ1) is 8.50. The van der Waals surface area contributed by atoms with Crippen LogP contribution in [0.4, 0.5) is 0 Å². The molecule has 0 rings (SSSR count). The molecule has 0 bridgehead atoms. The zero-order valence-electron chi connectivity index (χ0n) is 6.05. The number of ether oxygens (including phenoxy) is 1. The van der Waals surface area contributed by atoms with E-state index in [4.69, 9.17) is 9.84 Å². The molecule has 1 atom stereocenters. The Hall–Kier alpha value is -0.500. The predicted octanol–water partition coefficient (Wildman–Crippen LogP) is 1.31. The first-order valence-electron chi connectivity index (χ1n) is 3.13. The van der Waals surface area contributed by atoms with Gasteiger partial charge in [-0.1, -0.05) is 13.5 Å². The Morgan fingerprint density at radius 3 is 2.44 bits per heavy atom. The molecule has 0 heterocycles. The summed E-state index contributed by atoms with van der Waals surface area (Å²) in [5, 5.41) is 8.61. The molecule has 9 heavy (non-hydrogen) atoms. The second-order valence-electron chi connectivity index (χ2n) is 2.03. The number of hydrogen-bond acceptors (Lipinski definition) is 2. The van der Waals surface area contributed by atoms with E-state index in [2.05, 4.69) is 6.58 Å². The lowest BCUT2D eigenvalue weighted by Gasteiger charge is -2.13. The number of rotatable bonds is 4. The lowest BCUT2D eigenvalue weighted by atomic mass is 10.3. The van der Waals surface area contributed by atoms with Crippen molar-refractivity contribution < 1.29 is 9.84 Å². The van der Waals surface area contributed by atoms with E-state index in [-0.39, 0.29) is 12.7 Å². The molecule has 0 aromatic carbocycles. The summed E-state index contributed by atoms with van der Waals surface area (Å²) in [5.41, 5.74) is 0. The fraction of sp³-hybridized carbons (Fsp3) is 0.714. The molecule has 2 nitrogen and oxygen atoms in total. The van der Waals surface area contributed by atoms with E-state index in [1.807, 2.05) is 6.92 Å². The summed E-state index contributed by atoms with van der Waals surface area (Å²) in [7, 11) is 0. The molecule has 0 saturated carbocycles. The minimum absolute atomic E-state index is 0.0671. The Balaban J connectivity index is 3.43. The highest BCUT2D eigenvalue weighted by atomic mass is 16.5. The maximum atomic E-state index is 8.61. The van der Waals surface area contributed by atoms with E-state index < -0.39 is 0 Å². The highest BCUT2D eigenvalue weighted by Crippen LogP contribution is 2.01. The van der Waals surface area contributed by atoms with E-state index in [0.29, 0.717) is 5.76 Å². The van der Waals surface area contributed by atoms with Crippen LogP contribution in [0.15, 0.2) is 12.3 Å². The number of aliphatic hydroxyl groups excluding tert-OH is 1. The highest BCUT2D eigenvalue weighted by Gasteiger charge is 2.02. The van der Waals surface area contributed by atoms with Gasteiger partial charge in [-0.25, -0.2) is 0 Å². The second-order valence-corrected chi connectivity index (χ2v) is 2.03. The molecule has 2 heteroatoms. The maximum Gasteiger partial charge on any atom is 0.121 e. The zero-order valence-corrected chi connectivity index (χ0v) is 6.05. The van der Waals surface area contributed by atoms with E-state index in [0.717, 1.165) is 6.42 Å². The normalized spacial score (nSPS) is 12.8. The molecule has 0 aromatic rings. The molecule has 0 aliphatic rings. The average molecular weight is 130 g/mol. The molecule has 0 saturated heterocycles. The van der Waals surface area contributed by atoms with Gasteiger partial charge in [0.05, 0.1) is 12.4 Å². The summed E-state index contributed by atoms with van der Waals surface area (Å²) < 4.78 is 5.10. The SMILES string of the molecule is C=C(C)OC(CC)CO. The van der Waals surface area contributed by atoms with Crippen molar-refractivity contribution >= 4 is 0 Å². The number of aliphatic hydroxyl groups is 1. The largest absolute Gasteiger partial charge is 0.493 e. The summed E-state index contributed by atoms with van der Waals surface area (Å²) in [4.78, 5) is 0. The Labute approximate surface area is 56.1 Å². The molecule has 0 fully saturated rings. The van der Waals surface area contributed by atoms with Gasteiger partial charge in [0.1, 0.15) is 6.10 Å². The number of allylic oxidation sites excluding steroid dienone is 1. The van der Waals surface area contributed by atoms with Gasteiger partial charge in [-0.15, -0.1) is 0 Å². The van der Waals surface area contributed by atoms with Gasteiger partial charge in [0.25, 0.3) is 0 Å². The fourth-order valence-electron chi connectivity index (χ4n) is 0.534. The van der Waals surface area contributed by atoms with E-state index >= 15 is 0 Å². The van der Waals surface area contributed by atoms with Gasteiger partial charge >= 0.3 is 0 Å². The van der Waals surface area contributed by atoms with Crippen molar-refractivity contribution in [3.05, 3.63) is 12.3 Å². The molecule has 54 valence electrons. The Morgan fingerprint density at radius 2 is 2.33 bits per heavy atom. The van der Waals surface area contributed by atoms with Gasteiger partial charge in [0.15, 0.2) is 0 Å². The summed E-state index contributed by atoms with van der Waals surface area (Å²) in [6, 6.07) is 0. The van der Waals surface area contributed by atoms with Crippen molar-refractivity contribution in [1.29, 1.82) is 0 Å². The Morgan fingerprint density at radius 1 is 1.78 bits per heavy atom. The maximum absolute atomic E-state index is 8.61. The van der Waals surface area contributed by atoms with Gasteiger partial charge in [-0.3, -0.25) is 0 Å². The van der Waals surface area contributed by atoms with Crippen LogP contribution in [0.25, 0.3) is 0 Å². The van der Waals surface area contributed by atoms with E-state index in [1.54, 1.807) is 6.92 Å². The summed E-state index contributed by atoms with van der Waals surface area (Å²) in [6.07, 6.45) is 0.756. The molecule has 0 aromatic heterocycles. The lowest BCUT2D eigenvalue weighted by molar-refractivity contribution is 0.0580. The summed E-state index contributed by atoms with van der Waals surface area (Å²) in [5.74, 6) is 0.663. The van der Waals surface area contributed by atoms with Crippen molar-refractivity contribution in [3.8, 4) is 0 Å². The van der Waals surface area contributed by atoms with Crippen LogP contribution < -0.4 is 0 Å². The fourth-order valence-corrected chi connectivity index (χ4v) is 0.534. The molecule has 0 aliphatic carbocycles. The van der Waals surface area contributed by atoms with Crippen LogP contribution in [0.2, 0.25) is 0 Å². The zero-order chi connectivity index (χ0) is 7.28.